The fraction of sp³-hybridized carbons (Fsp3) is 0.494. The van der Waals surface area contributed by atoms with Gasteiger partial charge in [0.15, 0.2) is 0 Å². The summed E-state index contributed by atoms with van der Waals surface area (Å²) in [5.74, 6) is -1.34. The van der Waals surface area contributed by atoms with Gasteiger partial charge in [-0.1, -0.05) is 131 Å². The Morgan fingerprint density at radius 1 is 0.460 bits per heavy atom. The molecule has 3 atom stereocenters. The van der Waals surface area contributed by atoms with Crippen LogP contribution in [-0.4, -0.2) is 155 Å². The molecule has 0 aliphatic carbocycles. The molecule has 0 bridgehead atoms. The van der Waals surface area contributed by atoms with Crippen LogP contribution in [-0.2, 0) is 59.1 Å². The first-order valence-corrected chi connectivity index (χ1v) is 44.2. The average molecular weight is 1830 g/mol. The van der Waals surface area contributed by atoms with Crippen LogP contribution in [0.3, 0.4) is 0 Å². The number of hydrogen-bond donors (Lipinski definition) is 7. The van der Waals surface area contributed by atoms with E-state index in [2.05, 4.69) is 95.1 Å². The number of aliphatic hydroxyl groups excluding tert-OH is 3. The van der Waals surface area contributed by atoms with Crippen LogP contribution in [0.1, 0.15) is 242 Å². The molecule has 7 N–H and O–H groups in total. The van der Waals surface area contributed by atoms with E-state index in [4.69, 9.17) is 9.84 Å². The second-order valence-corrected chi connectivity index (χ2v) is 33.7. The maximum Gasteiger partial charge on any atom is 0.348 e. The molecule has 0 radical (unpaired) electrons. The summed E-state index contributed by atoms with van der Waals surface area (Å²) in [5.41, 5.74) is 12.4. The van der Waals surface area contributed by atoms with Gasteiger partial charge >= 0.3 is 23.9 Å². The number of carbonyl (C=O) groups is 8. The van der Waals surface area contributed by atoms with Crippen molar-refractivity contribution in [1.29, 1.82) is 0 Å². The zero-order chi connectivity index (χ0) is 81.2. The molecule has 4 aliphatic heterocycles. The van der Waals surface area contributed by atoms with Crippen molar-refractivity contribution >= 4 is 155 Å². The van der Waals surface area contributed by atoms with Gasteiger partial charge in [-0.2, -0.15) is 0 Å². The molecular weight excluding hydrogens is 1720 g/mol. The van der Waals surface area contributed by atoms with E-state index in [1.165, 1.54) is 92.8 Å². The fourth-order valence-corrected chi connectivity index (χ4v) is 16.7. The Morgan fingerprint density at radius 2 is 0.823 bits per heavy atom. The molecule has 8 heterocycles. The lowest BCUT2D eigenvalue weighted by atomic mass is 10.0. The molecule has 113 heavy (non-hydrogen) atoms. The predicted octanol–water partition coefficient (Wildman–Crippen LogP) is 16.8. The maximum atomic E-state index is 12.5. The summed E-state index contributed by atoms with van der Waals surface area (Å²) in [5, 5.41) is 50.2. The number of ether oxygens (including phenoxy) is 3. The Kier molecular flexibility index (Phi) is 46.7. The van der Waals surface area contributed by atoms with Crippen LogP contribution in [0, 0.1) is 3.57 Å². The quantitative estimate of drug-likeness (QED) is 0.00631. The second kappa shape index (κ2) is 54.4. The number of halogens is 3. The zero-order valence-electron chi connectivity index (χ0n) is 65.7. The summed E-state index contributed by atoms with van der Waals surface area (Å²) >= 11 is 11.4. The van der Waals surface area contributed by atoms with Crippen LogP contribution < -0.4 is 26.3 Å². The molecule has 3 aromatic carbocycles. The van der Waals surface area contributed by atoms with E-state index in [0.29, 0.717) is 58.3 Å². The zero-order valence-corrected chi connectivity index (χ0v) is 73.5. The number of rotatable bonds is 36. The number of carboxylic acids is 1. The van der Waals surface area contributed by atoms with Gasteiger partial charge in [0.25, 0.3) is 0 Å². The van der Waals surface area contributed by atoms with Gasteiger partial charge in [-0.15, -0.1) is 57.8 Å². The minimum atomic E-state index is -0.888. The lowest BCUT2D eigenvalue weighted by Crippen LogP contribution is -2.39. The number of aryl methyl sites for hydroxylation is 4. The number of esters is 3. The summed E-state index contributed by atoms with van der Waals surface area (Å²) < 4.78 is 15.3. The Labute approximate surface area is 710 Å². The first kappa shape index (κ1) is 97.0. The number of carbonyl (C=O) groups excluding carboxylic acids is 7. The average Bonchev–Trinajstić information content (AvgIpc) is 1.72. The molecule has 4 amide bonds. The molecule has 11 rings (SSSR count). The number of amides is 4. The molecule has 4 aliphatic rings. The SMILES string of the molecule is CCCCCC(O)c1ccc(I)cc1.CCCCCC(O)c1ccc(N2C(=O)CCN2CCCc2ccc(C(=O)O)s2)cc1.CCCCCC(O)c1ccc(N2C(=O)CCN2CCCc2ccc(C(=O)OC)s2)cc1.COC(=O)c1ccc(CCCBr)s1.COC(=O)c1ccc(CCCN2CCC(=O)N2)s1.Cl.O=C1CCNN1. The minimum absolute atomic E-state index is 0. The molecule has 0 spiro atoms. The van der Waals surface area contributed by atoms with Crippen LogP contribution in [0.2, 0.25) is 0 Å². The highest BCUT2D eigenvalue weighted by atomic mass is 127. The number of aromatic carboxylic acids is 1. The van der Waals surface area contributed by atoms with E-state index < -0.39 is 18.2 Å². The minimum Gasteiger partial charge on any atom is -0.477 e. The number of methoxy groups -OCH3 is 3. The predicted molar refractivity (Wildman–Crippen MR) is 464 cm³/mol. The lowest BCUT2D eigenvalue weighted by Gasteiger charge is -2.28. The number of hydrazine groups is 4. The molecule has 30 heteroatoms. The number of benzene rings is 3. The lowest BCUT2D eigenvalue weighted by molar-refractivity contribution is -0.121. The van der Waals surface area contributed by atoms with Gasteiger partial charge < -0.3 is 34.6 Å². The van der Waals surface area contributed by atoms with Crippen LogP contribution in [0.5, 0.6) is 0 Å². The highest BCUT2D eigenvalue weighted by molar-refractivity contribution is 14.1. The number of nitrogens with one attached hydrogen (secondary N) is 3. The van der Waals surface area contributed by atoms with Crippen molar-refractivity contribution < 1.29 is 73.0 Å². The van der Waals surface area contributed by atoms with Gasteiger partial charge in [-0.3, -0.25) is 30.0 Å². The molecule has 7 aromatic rings. The summed E-state index contributed by atoms with van der Waals surface area (Å²) in [6.45, 7) is 11.8. The molecule has 3 unspecified atom stereocenters. The number of unbranched alkanes of at least 4 members (excludes halogenated alkanes) is 6. The second-order valence-electron chi connectivity index (χ2n) is 27.0. The number of anilines is 2. The van der Waals surface area contributed by atoms with Gasteiger partial charge in [-0.05, 0) is 195 Å². The Morgan fingerprint density at radius 3 is 1.13 bits per heavy atom. The first-order chi connectivity index (χ1) is 54.1. The number of carboxylic acid groups (broad SMARTS) is 1. The third kappa shape index (κ3) is 34.7. The standard InChI is InChI=1S/C24H32N2O4S.C23H30N2O4S.C12H17IO.C12H16N2O3S.C9H11BrO2S.C3H6N2O.ClH/c1-3-4-5-8-21(27)18-9-11-19(12-10-18)26-23(28)15-17-25(26)16-6-7-20-13-14-22(31-20)24(29)30-2;1-2-3-4-7-20(26)17-8-10-18(11-9-17)25-22(27)14-16-24(25)15-5-6-19-12-13-21(30-19)23(28)29;1-2-3-4-5-12(14)10-6-8-11(13)9-7-10;1-17-12(16)10-5-4-9(18-10)3-2-7-14-8-6-11(15)13-14;1-12-9(11)8-5-4-7(13-8)3-2-6-10;6-3-1-2-4-5-3;/h9-14,21,27H,3-8,15-17H2,1-2H3;8-13,20,26H,2-7,14-16H2,1H3,(H,28,29);6-9,12,14H,2-5H2,1H3;4-5H,2-3,6-8H2,1H3,(H,13,15);4-5H,2-3,6H2,1H3;4H,1-2H2,(H,5,6);1H. The molecule has 4 aromatic heterocycles. The van der Waals surface area contributed by atoms with Crippen molar-refractivity contribution in [3.63, 3.8) is 0 Å². The largest absolute Gasteiger partial charge is 0.477 e. The Balaban J connectivity index is 0.000000257. The molecule has 4 saturated heterocycles. The van der Waals surface area contributed by atoms with E-state index >= 15 is 0 Å². The van der Waals surface area contributed by atoms with Crippen molar-refractivity contribution in [2.24, 2.45) is 0 Å². The summed E-state index contributed by atoms with van der Waals surface area (Å²) in [6, 6.07) is 38.3. The molecule has 23 nitrogen and oxygen atoms in total. The van der Waals surface area contributed by atoms with Crippen molar-refractivity contribution in [3.05, 3.63) is 181 Å². The van der Waals surface area contributed by atoms with Crippen LogP contribution in [0.15, 0.2) is 121 Å². The third-order valence-corrected chi connectivity index (χ3v) is 24.2. The number of nitrogens with zero attached hydrogens (tertiary/aromatic N) is 5. The van der Waals surface area contributed by atoms with Crippen molar-refractivity contribution in [2.75, 3.05) is 82.5 Å². The summed E-state index contributed by atoms with van der Waals surface area (Å²) in [4.78, 5) is 97.9. The van der Waals surface area contributed by atoms with Gasteiger partial charge in [0.05, 0.1) is 51.0 Å². The smallest absolute Gasteiger partial charge is 0.348 e. The summed E-state index contributed by atoms with van der Waals surface area (Å²) in [7, 11) is 4.18. The molecular formula is C83H113BrClIN8O15S4. The van der Waals surface area contributed by atoms with Gasteiger partial charge in [0, 0.05) is 99.9 Å². The number of aliphatic hydroxyl groups is 3. The highest BCUT2D eigenvalue weighted by Crippen LogP contribution is 2.31. The molecule has 620 valence electrons. The van der Waals surface area contributed by atoms with Gasteiger partial charge in [0.1, 0.15) is 19.5 Å². The van der Waals surface area contributed by atoms with E-state index in [1.54, 1.807) is 28.2 Å². The van der Waals surface area contributed by atoms with Crippen LogP contribution in [0.4, 0.5) is 11.4 Å². The van der Waals surface area contributed by atoms with Crippen LogP contribution in [0.25, 0.3) is 0 Å². The molecule has 4 fully saturated rings. The normalized spacial score (nSPS) is 14.8. The monoisotopic (exact) mass is 1830 g/mol. The Bertz CT molecular complexity index is 3970. The first-order valence-electron chi connectivity index (χ1n) is 38.7. The fourth-order valence-electron chi connectivity index (χ4n) is 12.3. The number of alkyl halides is 1. The van der Waals surface area contributed by atoms with E-state index in [1.807, 2.05) is 108 Å². The van der Waals surface area contributed by atoms with Gasteiger partial charge in [-0.25, -0.2) is 49.6 Å². The number of hydrogen-bond acceptors (Lipinski definition) is 22. The van der Waals surface area contributed by atoms with E-state index in [-0.39, 0.29) is 60.0 Å². The number of thiophene rings is 4. The van der Waals surface area contributed by atoms with Crippen molar-refractivity contribution in [2.45, 2.75) is 193 Å². The van der Waals surface area contributed by atoms with Crippen molar-refractivity contribution in [1.82, 2.24) is 31.3 Å². The van der Waals surface area contributed by atoms with E-state index in [9.17, 15) is 53.7 Å². The topological polar surface area (TPSA) is 297 Å². The maximum absolute atomic E-state index is 12.5. The van der Waals surface area contributed by atoms with Crippen LogP contribution >= 0.6 is 96.3 Å². The third-order valence-electron chi connectivity index (χ3n) is 18.4. The molecule has 0 saturated carbocycles. The van der Waals surface area contributed by atoms with Gasteiger partial charge in [0.2, 0.25) is 23.6 Å². The van der Waals surface area contributed by atoms with E-state index in [0.717, 1.165) is 191 Å². The summed E-state index contributed by atoms with van der Waals surface area (Å²) in [6.07, 6.45) is 20.9. The Hall–Kier alpha value is -6.56. The highest BCUT2D eigenvalue weighted by Gasteiger charge is 2.32. The van der Waals surface area contributed by atoms with Crippen molar-refractivity contribution in [3.8, 4) is 0 Å².